The summed E-state index contributed by atoms with van der Waals surface area (Å²) in [6.07, 6.45) is -3.37. The minimum atomic E-state index is -3.93. The number of hydrogen-bond donors (Lipinski definition) is 7. The summed E-state index contributed by atoms with van der Waals surface area (Å²) in [6, 6.07) is 0. The number of carboxylic acids is 3. The van der Waals surface area contributed by atoms with E-state index >= 15 is 0 Å². The molecule has 0 aromatic heterocycles. The van der Waals surface area contributed by atoms with Crippen LogP contribution in [-0.2, 0) is 23.5 Å². The van der Waals surface area contributed by atoms with E-state index in [2.05, 4.69) is 0 Å². The van der Waals surface area contributed by atoms with Gasteiger partial charge in [-0.3, -0.25) is 0 Å². The van der Waals surface area contributed by atoms with Crippen molar-refractivity contribution >= 4 is 40.4 Å². The predicted molar refractivity (Wildman–Crippen MR) is 133 cm³/mol. The Morgan fingerprint density at radius 3 is 1.31 bits per heavy atom. The molecule has 0 amide bonds. The van der Waals surface area contributed by atoms with Gasteiger partial charge in [0.15, 0.2) is 0 Å². The Morgan fingerprint density at radius 1 is 0.639 bits per heavy atom. The van der Waals surface area contributed by atoms with Gasteiger partial charge in [0, 0.05) is 0 Å². The molecule has 36 heavy (non-hydrogen) atoms. The third-order valence-electron chi connectivity index (χ3n) is 5.61. The Balaban J connectivity index is 2.99. The van der Waals surface area contributed by atoms with E-state index in [1.54, 1.807) is 14.7 Å². The fourth-order valence-electron chi connectivity index (χ4n) is 3.68. The molecule has 1 saturated heterocycles. The fourth-order valence-corrected chi connectivity index (χ4v) is 8.66. The van der Waals surface area contributed by atoms with Crippen molar-refractivity contribution in [1.29, 1.82) is 0 Å². The Labute approximate surface area is 209 Å². The van der Waals surface area contributed by atoms with Crippen molar-refractivity contribution in [3.05, 3.63) is 0 Å². The third kappa shape index (κ3) is 15.3. The standard InChI is InChI=1S/C18H38N3O12P3/c22-16(23)1-10-34(28,29)13-19-4-6-20(14-35(30,31)11-2-17(24)25)8-9-21(7-5-19)15-36(32,33)12-3-18(26)27/h28-29,34H,1-15H2,(H,22,23)(H,24,25)(H,26,27)(H,30,31)(H,32,33). The van der Waals surface area contributed by atoms with Crippen LogP contribution in [-0.4, -0.2) is 144 Å². The third-order valence-corrected chi connectivity index (χ3v) is 11.1. The van der Waals surface area contributed by atoms with Crippen LogP contribution in [0.3, 0.4) is 0 Å². The number of rotatable bonds is 15. The predicted octanol–water partition coefficient (Wildman–Crippen LogP) is -0.692. The number of carbonyl (C=O) groups is 3. The summed E-state index contributed by atoms with van der Waals surface area (Å²) in [7, 11) is -11.6. The first-order valence-corrected chi connectivity index (χ1v) is 17.7. The number of aliphatic carboxylic acids is 3. The van der Waals surface area contributed by atoms with Crippen molar-refractivity contribution in [2.45, 2.75) is 19.3 Å². The molecule has 0 spiro atoms. The van der Waals surface area contributed by atoms with Crippen LogP contribution < -0.4 is 0 Å². The molecule has 1 fully saturated rings. The molecule has 1 rings (SSSR count). The average Bonchev–Trinajstić information content (AvgIpc) is 2.81. The SMILES string of the molecule is O=C(O)CCP(=O)(O)CN1CCN(CP(=O)(O)CCC(=O)O)CCN(C[PH](O)(O)CCC(=O)O)CC1. The van der Waals surface area contributed by atoms with Crippen molar-refractivity contribution < 1.29 is 58.4 Å². The Morgan fingerprint density at radius 2 is 0.972 bits per heavy atom. The van der Waals surface area contributed by atoms with Crippen molar-refractivity contribution in [2.24, 2.45) is 0 Å². The molecule has 0 saturated carbocycles. The number of carboxylic acid groups (broad SMARTS) is 3. The molecule has 7 N–H and O–H groups in total. The Hall–Kier alpha value is -0.980. The van der Waals surface area contributed by atoms with Gasteiger partial charge < -0.3 is 0 Å². The van der Waals surface area contributed by atoms with E-state index in [-0.39, 0.29) is 64.3 Å². The van der Waals surface area contributed by atoms with Gasteiger partial charge in [-0.05, 0) is 0 Å². The van der Waals surface area contributed by atoms with Gasteiger partial charge in [0.2, 0.25) is 0 Å². The monoisotopic (exact) mass is 581 g/mol. The molecule has 2 unspecified atom stereocenters. The first-order chi connectivity index (χ1) is 16.5. The summed E-state index contributed by atoms with van der Waals surface area (Å²) in [6.45, 7) is 1.28. The topological polar surface area (TPSA) is 237 Å². The Bertz CT molecular complexity index is 806. The van der Waals surface area contributed by atoms with Crippen molar-refractivity contribution in [1.82, 2.24) is 14.7 Å². The van der Waals surface area contributed by atoms with Crippen LogP contribution in [0.2, 0.25) is 0 Å². The summed E-state index contributed by atoms with van der Waals surface area (Å²) in [5.74, 6) is -3.59. The second-order valence-electron chi connectivity index (χ2n) is 9.10. The molecule has 0 aromatic carbocycles. The van der Waals surface area contributed by atoms with Gasteiger partial charge in [0.25, 0.3) is 0 Å². The van der Waals surface area contributed by atoms with E-state index in [9.17, 15) is 43.1 Å². The minimum absolute atomic E-state index is 0.199. The number of hydrogen-bond acceptors (Lipinski definition) is 10. The molecule has 15 nitrogen and oxygen atoms in total. The van der Waals surface area contributed by atoms with E-state index in [1.807, 2.05) is 0 Å². The van der Waals surface area contributed by atoms with E-state index < -0.39 is 71.9 Å². The van der Waals surface area contributed by atoms with Crippen LogP contribution in [0, 0.1) is 0 Å². The van der Waals surface area contributed by atoms with Crippen molar-refractivity contribution in [3.8, 4) is 0 Å². The molecule has 2 atom stereocenters. The maximum atomic E-state index is 12.5. The molecule has 0 radical (unpaired) electrons. The molecule has 18 heteroatoms. The molecule has 0 aromatic rings. The first-order valence-electron chi connectivity index (χ1n) is 11.4. The second-order valence-corrected chi connectivity index (χ2v) is 16.7. The van der Waals surface area contributed by atoms with Crippen LogP contribution in [0.25, 0.3) is 0 Å². The fraction of sp³-hybridized carbons (Fsp3) is 0.833. The molecule has 0 bridgehead atoms. The normalized spacial score (nSPS) is 20.9. The van der Waals surface area contributed by atoms with Crippen LogP contribution in [0.1, 0.15) is 19.3 Å². The summed E-state index contributed by atoms with van der Waals surface area (Å²) in [5, 5.41) is 26.5. The molecular weight excluding hydrogens is 543 g/mol. The summed E-state index contributed by atoms with van der Waals surface area (Å²) >= 11 is 0. The van der Waals surface area contributed by atoms with Crippen molar-refractivity contribution in [3.63, 3.8) is 0 Å². The van der Waals surface area contributed by atoms with Crippen LogP contribution >= 0.6 is 22.5 Å². The molecular formula is C18H38N3O12P3. The Kier molecular flexibility index (Phi) is 13.6. The van der Waals surface area contributed by atoms with Gasteiger partial charge in [0.05, 0.1) is 0 Å². The average molecular weight is 581 g/mol. The molecule has 1 aliphatic rings. The van der Waals surface area contributed by atoms with Gasteiger partial charge in [-0.1, -0.05) is 0 Å². The molecule has 0 aliphatic carbocycles. The van der Waals surface area contributed by atoms with Crippen LogP contribution in [0.5, 0.6) is 0 Å². The van der Waals surface area contributed by atoms with E-state index in [1.165, 1.54) is 0 Å². The van der Waals surface area contributed by atoms with Gasteiger partial charge >= 0.3 is 209 Å². The first kappa shape index (κ1) is 33.0. The van der Waals surface area contributed by atoms with E-state index in [4.69, 9.17) is 15.3 Å². The zero-order valence-electron chi connectivity index (χ0n) is 20.0. The van der Waals surface area contributed by atoms with Crippen LogP contribution in [0.15, 0.2) is 0 Å². The second kappa shape index (κ2) is 14.8. The van der Waals surface area contributed by atoms with E-state index in [0.29, 0.717) is 0 Å². The summed E-state index contributed by atoms with van der Waals surface area (Å²) in [4.78, 5) is 78.5. The van der Waals surface area contributed by atoms with Gasteiger partial charge in [-0.15, -0.1) is 0 Å². The summed E-state index contributed by atoms with van der Waals surface area (Å²) in [5.41, 5.74) is 0. The quantitative estimate of drug-likeness (QED) is 0.118. The molecule has 212 valence electrons. The molecule has 1 heterocycles. The zero-order valence-corrected chi connectivity index (χ0v) is 22.8. The maximum absolute atomic E-state index is 12.5. The number of nitrogens with zero attached hydrogens (tertiary/aromatic N) is 3. The zero-order chi connectivity index (χ0) is 27.6. The van der Waals surface area contributed by atoms with Gasteiger partial charge in [-0.25, -0.2) is 0 Å². The summed E-state index contributed by atoms with van der Waals surface area (Å²) < 4.78 is 25.1. The van der Waals surface area contributed by atoms with Gasteiger partial charge in [-0.2, -0.15) is 0 Å². The molecule has 1 aliphatic heterocycles. The van der Waals surface area contributed by atoms with E-state index in [0.717, 1.165) is 0 Å². The van der Waals surface area contributed by atoms with Crippen LogP contribution in [0.4, 0.5) is 0 Å². The van der Waals surface area contributed by atoms with Crippen molar-refractivity contribution in [2.75, 3.05) is 76.6 Å². The van der Waals surface area contributed by atoms with Gasteiger partial charge in [0.1, 0.15) is 0 Å².